The number of nitrogens with zero attached hydrogens (tertiary/aromatic N) is 2. The minimum absolute atomic E-state index is 0.250. The number of likely N-dealkylation sites (tertiary alicyclic amines) is 2. The summed E-state index contributed by atoms with van der Waals surface area (Å²) in [5, 5.41) is 11.3. The average molecular weight is 283 g/mol. The molecule has 0 aromatic rings. The van der Waals surface area contributed by atoms with Gasteiger partial charge in [0.15, 0.2) is 0 Å². The molecule has 2 amide bonds. The first kappa shape index (κ1) is 15.1. The first-order valence-electron chi connectivity index (χ1n) is 7.57. The highest BCUT2D eigenvalue weighted by atomic mass is 16.4. The van der Waals surface area contributed by atoms with Crippen LogP contribution in [-0.2, 0) is 4.79 Å². The number of carboxylic acids is 1. The van der Waals surface area contributed by atoms with E-state index in [2.05, 4.69) is 10.2 Å². The van der Waals surface area contributed by atoms with Crippen LogP contribution in [0.2, 0.25) is 0 Å². The van der Waals surface area contributed by atoms with Crippen LogP contribution in [-0.4, -0.2) is 65.7 Å². The maximum absolute atomic E-state index is 11.9. The first-order valence-corrected chi connectivity index (χ1v) is 7.57. The summed E-state index contributed by atoms with van der Waals surface area (Å²) in [6.07, 6.45) is 4.67. The van der Waals surface area contributed by atoms with E-state index in [1.54, 1.807) is 4.90 Å². The molecule has 2 N–H and O–H groups in total. The Balaban J connectivity index is 1.70. The van der Waals surface area contributed by atoms with Gasteiger partial charge in [0.2, 0.25) is 0 Å². The third-order valence-electron chi connectivity index (χ3n) is 4.33. The van der Waals surface area contributed by atoms with E-state index in [1.807, 2.05) is 0 Å². The molecule has 0 aromatic carbocycles. The number of piperidine rings is 1. The number of nitrogens with one attached hydrogen (secondary N) is 1. The summed E-state index contributed by atoms with van der Waals surface area (Å²) >= 11 is 0. The minimum Gasteiger partial charge on any atom is -0.480 e. The lowest BCUT2D eigenvalue weighted by Gasteiger charge is -2.34. The quantitative estimate of drug-likeness (QED) is 0.806. The highest BCUT2D eigenvalue weighted by Crippen LogP contribution is 2.20. The molecule has 0 unspecified atom stereocenters. The maximum Gasteiger partial charge on any atom is 0.325 e. The lowest BCUT2D eigenvalue weighted by Crippen LogP contribution is -2.49. The molecule has 20 heavy (non-hydrogen) atoms. The summed E-state index contributed by atoms with van der Waals surface area (Å²) in [6, 6.07) is -1.08. The number of rotatable bonds is 4. The number of amides is 2. The maximum atomic E-state index is 11.9. The fraction of sp³-hybridized carbons (Fsp3) is 0.857. The van der Waals surface area contributed by atoms with Crippen LogP contribution in [0.15, 0.2) is 0 Å². The van der Waals surface area contributed by atoms with E-state index >= 15 is 0 Å². The zero-order valence-corrected chi connectivity index (χ0v) is 12.2. The average Bonchev–Trinajstić information content (AvgIpc) is 2.92. The molecule has 2 saturated heterocycles. The Morgan fingerprint density at radius 3 is 2.35 bits per heavy atom. The van der Waals surface area contributed by atoms with E-state index in [9.17, 15) is 9.59 Å². The van der Waals surface area contributed by atoms with Gasteiger partial charge < -0.3 is 20.2 Å². The Bertz CT molecular complexity index is 348. The van der Waals surface area contributed by atoms with E-state index in [1.165, 1.54) is 32.9 Å². The predicted octanol–water partition coefficient (Wildman–Crippen LogP) is 0.977. The fourth-order valence-corrected chi connectivity index (χ4v) is 2.99. The van der Waals surface area contributed by atoms with Crippen LogP contribution in [0.4, 0.5) is 4.79 Å². The van der Waals surface area contributed by atoms with E-state index in [-0.39, 0.29) is 6.03 Å². The van der Waals surface area contributed by atoms with E-state index in [4.69, 9.17) is 5.11 Å². The molecule has 2 fully saturated rings. The number of urea groups is 1. The van der Waals surface area contributed by atoms with Crippen molar-refractivity contribution in [3.05, 3.63) is 0 Å². The Hall–Kier alpha value is -1.30. The van der Waals surface area contributed by atoms with Gasteiger partial charge in [-0.2, -0.15) is 0 Å². The smallest absolute Gasteiger partial charge is 0.325 e. The highest BCUT2D eigenvalue weighted by Gasteiger charge is 2.26. The molecule has 0 bridgehead atoms. The molecule has 0 aromatic heterocycles. The van der Waals surface area contributed by atoms with Gasteiger partial charge in [0, 0.05) is 19.6 Å². The molecule has 2 heterocycles. The van der Waals surface area contributed by atoms with Gasteiger partial charge >= 0.3 is 12.0 Å². The molecule has 2 aliphatic heterocycles. The van der Waals surface area contributed by atoms with Crippen molar-refractivity contribution in [2.75, 3.05) is 32.7 Å². The molecule has 6 heteroatoms. The van der Waals surface area contributed by atoms with Crippen LogP contribution in [0.3, 0.4) is 0 Å². The molecule has 114 valence electrons. The third-order valence-corrected chi connectivity index (χ3v) is 4.33. The number of carboxylic acid groups (broad SMARTS) is 1. The monoisotopic (exact) mass is 283 g/mol. The van der Waals surface area contributed by atoms with Crippen molar-refractivity contribution in [3.63, 3.8) is 0 Å². The molecule has 0 saturated carbocycles. The van der Waals surface area contributed by atoms with Gasteiger partial charge in [0.1, 0.15) is 6.04 Å². The Morgan fingerprint density at radius 1 is 1.20 bits per heavy atom. The van der Waals surface area contributed by atoms with Gasteiger partial charge in [0.25, 0.3) is 0 Å². The number of aliphatic carboxylic acids is 1. The molecule has 0 spiro atoms. The highest BCUT2D eigenvalue weighted by molar-refractivity contribution is 5.82. The van der Waals surface area contributed by atoms with Crippen LogP contribution < -0.4 is 5.32 Å². The summed E-state index contributed by atoms with van der Waals surface area (Å²) < 4.78 is 0. The van der Waals surface area contributed by atoms with Crippen LogP contribution in [0.25, 0.3) is 0 Å². The third kappa shape index (κ3) is 4.10. The Labute approximate surface area is 120 Å². The van der Waals surface area contributed by atoms with Crippen molar-refractivity contribution in [1.82, 2.24) is 15.1 Å². The molecule has 2 rings (SSSR count). The first-order chi connectivity index (χ1) is 9.56. The van der Waals surface area contributed by atoms with Crippen molar-refractivity contribution >= 4 is 12.0 Å². The molecular formula is C14H25N3O3. The second kappa shape index (κ2) is 6.92. The number of carbonyl (C=O) groups excluding carboxylic acids is 1. The zero-order chi connectivity index (χ0) is 14.5. The minimum atomic E-state index is -0.998. The van der Waals surface area contributed by atoms with Crippen LogP contribution in [0.1, 0.15) is 32.6 Å². The van der Waals surface area contributed by atoms with Crippen molar-refractivity contribution in [2.45, 2.75) is 38.6 Å². The van der Waals surface area contributed by atoms with Gasteiger partial charge in [-0.25, -0.2) is 4.79 Å². The molecule has 1 atom stereocenters. The largest absolute Gasteiger partial charge is 0.480 e. The van der Waals surface area contributed by atoms with Gasteiger partial charge in [-0.3, -0.25) is 4.79 Å². The van der Waals surface area contributed by atoms with Gasteiger partial charge in [0.05, 0.1) is 0 Å². The van der Waals surface area contributed by atoms with Gasteiger partial charge in [-0.15, -0.1) is 0 Å². The molecular weight excluding hydrogens is 258 g/mol. The molecule has 6 nitrogen and oxygen atoms in total. The standard InChI is InChI=1S/C14H25N3O3/c1-11(13(18)19)15-14(20)17-8-4-12(5-9-17)10-16-6-2-3-7-16/h11-12H,2-10H2,1H3,(H,15,20)(H,18,19)/t11-/m1/s1. The Kier molecular flexibility index (Phi) is 5.23. The van der Waals surface area contributed by atoms with Crippen LogP contribution >= 0.6 is 0 Å². The number of hydrogen-bond donors (Lipinski definition) is 2. The molecule has 2 aliphatic rings. The molecule has 0 aliphatic carbocycles. The topological polar surface area (TPSA) is 72.9 Å². The van der Waals surface area contributed by atoms with Gasteiger partial charge in [-0.05, 0) is 51.6 Å². The van der Waals surface area contributed by atoms with Gasteiger partial charge in [-0.1, -0.05) is 0 Å². The summed E-state index contributed by atoms with van der Waals surface area (Å²) in [6.45, 7) is 6.54. The van der Waals surface area contributed by atoms with E-state index < -0.39 is 12.0 Å². The molecule has 0 radical (unpaired) electrons. The zero-order valence-electron chi connectivity index (χ0n) is 12.2. The van der Waals surface area contributed by atoms with E-state index in [0.717, 1.165) is 32.5 Å². The summed E-state index contributed by atoms with van der Waals surface area (Å²) in [5.74, 6) is -0.323. The summed E-state index contributed by atoms with van der Waals surface area (Å²) in [7, 11) is 0. The number of hydrogen-bond acceptors (Lipinski definition) is 3. The second-order valence-electron chi connectivity index (χ2n) is 5.95. The normalized spacial score (nSPS) is 22.8. The van der Waals surface area contributed by atoms with Crippen LogP contribution in [0.5, 0.6) is 0 Å². The number of carbonyl (C=O) groups is 2. The van der Waals surface area contributed by atoms with Crippen molar-refractivity contribution in [3.8, 4) is 0 Å². The predicted molar refractivity (Wildman–Crippen MR) is 75.6 cm³/mol. The Morgan fingerprint density at radius 2 is 1.80 bits per heavy atom. The second-order valence-corrected chi connectivity index (χ2v) is 5.95. The van der Waals surface area contributed by atoms with Crippen molar-refractivity contribution < 1.29 is 14.7 Å². The SMILES string of the molecule is C[C@@H](NC(=O)N1CCC(CN2CCCC2)CC1)C(=O)O. The summed E-state index contributed by atoms with van der Waals surface area (Å²) in [5.41, 5.74) is 0. The lowest BCUT2D eigenvalue weighted by atomic mass is 9.96. The van der Waals surface area contributed by atoms with Crippen molar-refractivity contribution in [1.29, 1.82) is 0 Å². The lowest BCUT2D eigenvalue weighted by molar-refractivity contribution is -0.138. The summed E-state index contributed by atoms with van der Waals surface area (Å²) in [4.78, 5) is 26.9. The van der Waals surface area contributed by atoms with Crippen molar-refractivity contribution in [2.24, 2.45) is 5.92 Å². The van der Waals surface area contributed by atoms with Crippen LogP contribution in [0, 0.1) is 5.92 Å². The fourth-order valence-electron chi connectivity index (χ4n) is 2.99. The van der Waals surface area contributed by atoms with E-state index in [0.29, 0.717) is 5.92 Å².